The lowest BCUT2D eigenvalue weighted by atomic mass is 9.93. The SMILES string of the molecule is CNC1CCN(CC2CCS(=O)(=O)C2)CC1C. The van der Waals surface area contributed by atoms with Crippen molar-refractivity contribution in [1.29, 1.82) is 0 Å². The van der Waals surface area contributed by atoms with Gasteiger partial charge in [0.15, 0.2) is 9.84 Å². The fourth-order valence-corrected chi connectivity index (χ4v) is 5.06. The maximum atomic E-state index is 11.4. The Hall–Kier alpha value is -0.130. The Labute approximate surface area is 105 Å². The highest BCUT2D eigenvalue weighted by atomic mass is 32.2. The van der Waals surface area contributed by atoms with Gasteiger partial charge < -0.3 is 10.2 Å². The normalized spacial score (nSPS) is 38.4. The molecule has 3 atom stereocenters. The van der Waals surface area contributed by atoms with E-state index in [0.29, 0.717) is 29.4 Å². The van der Waals surface area contributed by atoms with Gasteiger partial charge in [-0.05, 0) is 38.3 Å². The van der Waals surface area contributed by atoms with Gasteiger partial charge in [0.05, 0.1) is 11.5 Å². The van der Waals surface area contributed by atoms with Gasteiger partial charge >= 0.3 is 0 Å². The van der Waals surface area contributed by atoms with Crippen molar-refractivity contribution in [2.75, 3.05) is 38.2 Å². The minimum atomic E-state index is -2.71. The van der Waals surface area contributed by atoms with Crippen LogP contribution in [0.3, 0.4) is 0 Å². The molecule has 2 aliphatic heterocycles. The molecule has 2 aliphatic rings. The predicted octanol–water partition coefficient (Wildman–Crippen LogP) is 0.351. The third-order valence-electron chi connectivity index (χ3n) is 4.20. The molecule has 100 valence electrons. The van der Waals surface area contributed by atoms with E-state index in [2.05, 4.69) is 17.1 Å². The van der Waals surface area contributed by atoms with Crippen LogP contribution in [0.1, 0.15) is 19.8 Å². The van der Waals surface area contributed by atoms with Gasteiger partial charge in [0.2, 0.25) is 0 Å². The Bertz CT molecular complexity index is 356. The molecule has 2 heterocycles. The van der Waals surface area contributed by atoms with Crippen molar-refractivity contribution in [2.24, 2.45) is 11.8 Å². The van der Waals surface area contributed by atoms with E-state index in [-0.39, 0.29) is 0 Å². The zero-order valence-electron chi connectivity index (χ0n) is 10.9. The Morgan fingerprint density at radius 2 is 2.12 bits per heavy atom. The first kappa shape index (κ1) is 13.3. The summed E-state index contributed by atoms with van der Waals surface area (Å²) >= 11 is 0. The summed E-state index contributed by atoms with van der Waals surface area (Å²) in [5.74, 6) is 1.85. The van der Waals surface area contributed by atoms with Gasteiger partial charge in [-0.2, -0.15) is 0 Å². The van der Waals surface area contributed by atoms with Crippen LogP contribution in [0, 0.1) is 11.8 Å². The van der Waals surface area contributed by atoms with E-state index in [1.165, 1.54) is 6.42 Å². The number of hydrogen-bond donors (Lipinski definition) is 1. The van der Waals surface area contributed by atoms with Crippen molar-refractivity contribution < 1.29 is 8.42 Å². The van der Waals surface area contributed by atoms with Crippen LogP contribution in [0.2, 0.25) is 0 Å². The summed E-state index contributed by atoms with van der Waals surface area (Å²) in [5.41, 5.74) is 0. The van der Waals surface area contributed by atoms with E-state index in [9.17, 15) is 8.42 Å². The Kier molecular flexibility index (Phi) is 4.10. The average molecular weight is 260 g/mol. The fraction of sp³-hybridized carbons (Fsp3) is 1.00. The van der Waals surface area contributed by atoms with Crippen LogP contribution in [-0.2, 0) is 9.84 Å². The molecule has 0 aliphatic carbocycles. The van der Waals surface area contributed by atoms with E-state index >= 15 is 0 Å². The summed E-state index contributed by atoms with van der Waals surface area (Å²) in [6.45, 7) is 5.45. The molecule has 2 saturated heterocycles. The molecule has 2 rings (SSSR count). The molecular formula is C12H24N2O2S. The monoisotopic (exact) mass is 260 g/mol. The first-order valence-corrected chi connectivity index (χ1v) is 8.42. The van der Waals surface area contributed by atoms with Crippen molar-refractivity contribution in [2.45, 2.75) is 25.8 Å². The van der Waals surface area contributed by atoms with Gasteiger partial charge in [-0.1, -0.05) is 6.92 Å². The number of piperidine rings is 1. The van der Waals surface area contributed by atoms with Gasteiger partial charge in [0.25, 0.3) is 0 Å². The van der Waals surface area contributed by atoms with Crippen molar-refractivity contribution in [3.63, 3.8) is 0 Å². The lowest BCUT2D eigenvalue weighted by molar-refractivity contribution is 0.136. The molecule has 5 heteroatoms. The van der Waals surface area contributed by atoms with Crippen LogP contribution in [0.25, 0.3) is 0 Å². The quantitative estimate of drug-likeness (QED) is 0.795. The largest absolute Gasteiger partial charge is 0.317 e. The Morgan fingerprint density at radius 3 is 2.65 bits per heavy atom. The van der Waals surface area contributed by atoms with E-state index in [1.807, 2.05) is 7.05 Å². The number of rotatable bonds is 3. The van der Waals surface area contributed by atoms with Crippen LogP contribution in [0.4, 0.5) is 0 Å². The van der Waals surface area contributed by atoms with Gasteiger partial charge in [0, 0.05) is 19.1 Å². The average Bonchev–Trinajstić information content (AvgIpc) is 2.58. The molecule has 2 fully saturated rings. The first-order valence-electron chi connectivity index (χ1n) is 6.60. The molecular weight excluding hydrogens is 236 g/mol. The van der Waals surface area contributed by atoms with Crippen LogP contribution in [-0.4, -0.2) is 57.5 Å². The maximum absolute atomic E-state index is 11.4. The van der Waals surface area contributed by atoms with E-state index in [0.717, 1.165) is 26.1 Å². The Balaban J connectivity index is 1.81. The molecule has 0 aromatic heterocycles. The molecule has 0 spiro atoms. The summed E-state index contributed by atoms with van der Waals surface area (Å²) in [6, 6.07) is 0.624. The van der Waals surface area contributed by atoms with E-state index in [1.54, 1.807) is 0 Å². The number of sulfone groups is 1. The number of nitrogens with zero attached hydrogens (tertiary/aromatic N) is 1. The number of nitrogens with one attached hydrogen (secondary N) is 1. The number of hydrogen-bond acceptors (Lipinski definition) is 4. The van der Waals surface area contributed by atoms with Gasteiger partial charge in [-0.3, -0.25) is 0 Å². The third-order valence-corrected chi connectivity index (χ3v) is 6.04. The summed E-state index contributed by atoms with van der Waals surface area (Å²) in [5, 5.41) is 3.36. The molecule has 17 heavy (non-hydrogen) atoms. The van der Waals surface area contributed by atoms with Crippen LogP contribution in [0.5, 0.6) is 0 Å². The second kappa shape index (κ2) is 5.24. The lowest BCUT2D eigenvalue weighted by Gasteiger charge is -2.37. The van der Waals surface area contributed by atoms with E-state index < -0.39 is 9.84 Å². The standard InChI is InChI=1S/C12H24N2O2S/c1-10-7-14(5-3-12(10)13-2)8-11-4-6-17(15,16)9-11/h10-13H,3-9H2,1-2H3. The summed E-state index contributed by atoms with van der Waals surface area (Å²) in [7, 11) is -0.686. The van der Waals surface area contributed by atoms with Crippen molar-refractivity contribution in [3.8, 4) is 0 Å². The van der Waals surface area contributed by atoms with E-state index in [4.69, 9.17) is 0 Å². The molecule has 1 N–H and O–H groups in total. The third kappa shape index (κ3) is 3.42. The van der Waals surface area contributed by atoms with Crippen LogP contribution in [0.15, 0.2) is 0 Å². The molecule has 0 radical (unpaired) electrons. The van der Waals surface area contributed by atoms with Gasteiger partial charge in [0.1, 0.15) is 0 Å². The predicted molar refractivity (Wildman–Crippen MR) is 69.8 cm³/mol. The van der Waals surface area contributed by atoms with Gasteiger partial charge in [-0.25, -0.2) is 8.42 Å². The zero-order valence-corrected chi connectivity index (χ0v) is 11.7. The Morgan fingerprint density at radius 1 is 1.35 bits per heavy atom. The number of likely N-dealkylation sites (tertiary alicyclic amines) is 1. The summed E-state index contributed by atoms with van der Waals surface area (Å²) < 4.78 is 22.8. The minimum Gasteiger partial charge on any atom is -0.317 e. The van der Waals surface area contributed by atoms with Gasteiger partial charge in [-0.15, -0.1) is 0 Å². The first-order chi connectivity index (χ1) is 8.00. The van der Waals surface area contributed by atoms with Crippen molar-refractivity contribution in [1.82, 2.24) is 10.2 Å². The molecule has 0 aromatic carbocycles. The highest BCUT2D eigenvalue weighted by Crippen LogP contribution is 2.23. The van der Waals surface area contributed by atoms with Crippen molar-refractivity contribution >= 4 is 9.84 Å². The lowest BCUT2D eigenvalue weighted by Crippen LogP contribution is -2.48. The molecule has 3 unspecified atom stereocenters. The second-order valence-electron chi connectivity index (χ2n) is 5.69. The molecule has 0 aromatic rings. The maximum Gasteiger partial charge on any atom is 0.150 e. The zero-order chi connectivity index (χ0) is 12.5. The van der Waals surface area contributed by atoms with Crippen LogP contribution < -0.4 is 5.32 Å². The molecule has 4 nitrogen and oxygen atoms in total. The summed E-state index contributed by atoms with van der Waals surface area (Å²) in [4.78, 5) is 2.45. The minimum absolute atomic E-state index is 0.373. The molecule has 0 saturated carbocycles. The highest BCUT2D eigenvalue weighted by molar-refractivity contribution is 7.91. The molecule has 0 bridgehead atoms. The van der Waals surface area contributed by atoms with Crippen molar-refractivity contribution in [3.05, 3.63) is 0 Å². The van der Waals surface area contributed by atoms with Crippen LogP contribution >= 0.6 is 0 Å². The smallest absolute Gasteiger partial charge is 0.150 e. The topological polar surface area (TPSA) is 49.4 Å². The summed E-state index contributed by atoms with van der Waals surface area (Å²) in [6.07, 6.45) is 2.04. The fourth-order valence-electron chi connectivity index (χ4n) is 3.21. The second-order valence-corrected chi connectivity index (χ2v) is 7.92. The molecule has 0 amide bonds. The highest BCUT2D eigenvalue weighted by Gasteiger charge is 2.31.